The van der Waals surface area contributed by atoms with Crippen molar-refractivity contribution >= 4 is 11.7 Å². The molecule has 1 aliphatic heterocycles. The van der Waals surface area contributed by atoms with Gasteiger partial charge in [0.25, 0.3) is 0 Å². The minimum Gasteiger partial charge on any atom is -0.356 e. The number of carbonyl (C=O) groups excluding carboxylic acids is 1. The number of rotatable bonds is 4. The van der Waals surface area contributed by atoms with Crippen LogP contribution in [0.3, 0.4) is 0 Å². The van der Waals surface area contributed by atoms with E-state index in [4.69, 9.17) is 11.0 Å². The Balaban J connectivity index is 2.03. The van der Waals surface area contributed by atoms with E-state index in [1.165, 1.54) is 0 Å². The molecule has 1 aromatic heterocycles. The largest absolute Gasteiger partial charge is 0.356 e. The van der Waals surface area contributed by atoms with Crippen LogP contribution in [0, 0.1) is 17.2 Å². The van der Waals surface area contributed by atoms with Gasteiger partial charge in [0, 0.05) is 26.2 Å². The van der Waals surface area contributed by atoms with Crippen LogP contribution in [0.1, 0.15) is 18.5 Å². The molecular formula is C14H19N5O. The molecule has 106 valence electrons. The first-order chi connectivity index (χ1) is 9.74. The molecule has 0 aromatic carbocycles. The molecule has 2 heterocycles. The zero-order valence-corrected chi connectivity index (χ0v) is 11.4. The fraction of sp³-hybridized carbons (Fsp3) is 0.500. The summed E-state index contributed by atoms with van der Waals surface area (Å²) in [5.41, 5.74) is 5.79. The lowest BCUT2D eigenvalue weighted by atomic mass is 9.97. The van der Waals surface area contributed by atoms with Gasteiger partial charge in [-0.2, -0.15) is 5.26 Å². The third-order valence-electron chi connectivity index (χ3n) is 3.41. The van der Waals surface area contributed by atoms with Crippen molar-refractivity contribution in [2.24, 2.45) is 11.7 Å². The van der Waals surface area contributed by atoms with E-state index >= 15 is 0 Å². The lowest BCUT2D eigenvalue weighted by molar-refractivity contribution is -0.125. The zero-order valence-electron chi connectivity index (χ0n) is 11.4. The SMILES string of the molecule is N#Cc1cccc(N2CCCC(C(=O)NCCN)C2)n1. The summed E-state index contributed by atoms with van der Waals surface area (Å²) in [4.78, 5) is 18.3. The Labute approximate surface area is 118 Å². The van der Waals surface area contributed by atoms with Crippen molar-refractivity contribution in [1.29, 1.82) is 5.26 Å². The number of piperidine rings is 1. The van der Waals surface area contributed by atoms with Gasteiger partial charge in [-0.05, 0) is 25.0 Å². The number of nitriles is 1. The maximum atomic E-state index is 12.0. The molecule has 20 heavy (non-hydrogen) atoms. The smallest absolute Gasteiger partial charge is 0.224 e. The van der Waals surface area contributed by atoms with E-state index < -0.39 is 0 Å². The highest BCUT2D eigenvalue weighted by atomic mass is 16.1. The van der Waals surface area contributed by atoms with Crippen LogP contribution in [0.15, 0.2) is 18.2 Å². The summed E-state index contributed by atoms with van der Waals surface area (Å²) in [6, 6.07) is 7.41. The van der Waals surface area contributed by atoms with Gasteiger partial charge >= 0.3 is 0 Å². The van der Waals surface area contributed by atoms with Crippen LogP contribution in [0.2, 0.25) is 0 Å². The number of hydrogen-bond acceptors (Lipinski definition) is 5. The lowest BCUT2D eigenvalue weighted by Gasteiger charge is -2.32. The van der Waals surface area contributed by atoms with E-state index in [-0.39, 0.29) is 11.8 Å². The average molecular weight is 273 g/mol. The zero-order chi connectivity index (χ0) is 14.4. The Morgan fingerprint density at radius 1 is 1.60 bits per heavy atom. The predicted molar refractivity (Wildman–Crippen MR) is 76.0 cm³/mol. The van der Waals surface area contributed by atoms with E-state index in [0.29, 0.717) is 25.3 Å². The number of nitrogens with two attached hydrogens (primary N) is 1. The molecule has 3 N–H and O–H groups in total. The average Bonchev–Trinajstić information content (AvgIpc) is 2.52. The van der Waals surface area contributed by atoms with Crippen molar-refractivity contribution in [1.82, 2.24) is 10.3 Å². The van der Waals surface area contributed by atoms with Crippen molar-refractivity contribution < 1.29 is 4.79 Å². The second-order valence-electron chi connectivity index (χ2n) is 4.86. The summed E-state index contributed by atoms with van der Waals surface area (Å²) < 4.78 is 0. The van der Waals surface area contributed by atoms with Crippen LogP contribution in [0.4, 0.5) is 5.82 Å². The van der Waals surface area contributed by atoms with Crippen molar-refractivity contribution in [2.75, 3.05) is 31.1 Å². The van der Waals surface area contributed by atoms with Crippen molar-refractivity contribution in [3.8, 4) is 6.07 Å². The summed E-state index contributed by atoms with van der Waals surface area (Å²) in [6.45, 7) is 2.46. The van der Waals surface area contributed by atoms with Crippen LogP contribution >= 0.6 is 0 Å². The molecule has 1 unspecified atom stereocenters. The number of nitrogens with zero attached hydrogens (tertiary/aromatic N) is 3. The highest BCUT2D eigenvalue weighted by molar-refractivity contribution is 5.79. The molecule has 0 saturated carbocycles. The summed E-state index contributed by atoms with van der Waals surface area (Å²) in [5.74, 6) is 0.778. The van der Waals surface area contributed by atoms with Crippen LogP contribution in [-0.2, 0) is 4.79 Å². The summed E-state index contributed by atoms with van der Waals surface area (Å²) in [7, 11) is 0. The van der Waals surface area contributed by atoms with Gasteiger partial charge in [-0.1, -0.05) is 6.07 Å². The number of amides is 1. The first-order valence-electron chi connectivity index (χ1n) is 6.84. The van der Waals surface area contributed by atoms with Crippen molar-refractivity contribution in [2.45, 2.75) is 12.8 Å². The van der Waals surface area contributed by atoms with Crippen LogP contribution in [0.25, 0.3) is 0 Å². The predicted octanol–water partition coefficient (Wildman–Crippen LogP) is 0.245. The van der Waals surface area contributed by atoms with Crippen LogP contribution < -0.4 is 16.0 Å². The molecular weight excluding hydrogens is 254 g/mol. The topological polar surface area (TPSA) is 95.0 Å². The molecule has 6 nitrogen and oxygen atoms in total. The maximum Gasteiger partial charge on any atom is 0.224 e. The van der Waals surface area contributed by atoms with E-state index in [1.54, 1.807) is 6.07 Å². The third-order valence-corrected chi connectivity index (χ3v) is 3.41. The summed E-state index contributed by atoms with van der Waals surface area (Å²) in [6.07, 6.45) is 1.82. The first kappa shape index (κ1) is 14.3. The molecule has 1 fully saturated rings. The van der Waals surface area contributed by atoms with E-state index in [1.807, 2.05) is 18.2 Å². The highest BCUT2D eigenvalue weighted by Gasteiger charge is 2.26. The number of pyridine rings is 1. The quantitative estimate of drug-likeness (QED) is 0.819. The van der Waals surface area contributed by atoms with Gasteiger partial charge in [0.05, 0.1) is 5.92 Å². The Morgan fingerprint density at radius 2 is 2.45 bits per heavy atom. The molecule has 0 radical (unpaired) electrons. The Bertz CT molecular complexity index is 511. The van der Waals surface area contributed by atoms with Gasteiger partial charge in [-0.25, -0.2) is 4.98 Å². The fourth-order valence-electron chi connectivity index (χ4n) is 2.40. The second kappa shape index (κ2) is 6.87. The molecule has 6 heteroatoms. The molecule has 0 spiro atoms. The Kier molecular flexibility index (Phi) is 4.91. The van der Waals surface area contributed by atoms with Crippen molar-refractivity contribution in [3.05, 3.63) is 23.9 Å². The van der Waals surface area contributed by atoms with Gasteiger partial charge in [-0.3, -0.25) is 4.79 Å². The van der Waals surface area contributed by atoms with Gasteiger partial charge in [0.1, 0.15) is 17.6 Å². The monoisotopic (exact) mass is 273 g/mol. The van der Waals surface area contributed by atoms with Crippen molar-refractivity contribution in [3.63, 3.8) is 0 Å². The minimum atomic E-state index is -0.0390. The van der Waals surface area contributed by atoms with Gasteiger partial charge in [0.2, 0.25) is 5.91 Å². The molecule has 0 aliphatic carbocycles. The number of carbonyl (C=O) groups is 1. The fourth-order valence-corrected chi connectivity index (χ4v) is 2.40. The molecule has 0 bridgehead atoms. The van der Waals surface area contributed by atoms with Crippen LogP contribution in [-0.4, -0.2) is 37.1 Å². The molecule has 1 atom stereocenters. The second-order valence-corrected chi connectivity index (χ2v) is 4.86. The summed E-state index contributed by atoms with van der Waals surface area (Å²) >= 11 is 0. The lowest BCUT2D eigenvalue weighted by Crippen LogP contribution is -2.44. The number of nitrogens with one attached hydrogen (secondary N) is 1. The van der Waals surface area contributed by atoms with Gasteiger partial charge in [-0.15, -0.1) is 0 Å². The van der Waals surface area contributed by atoms with Gasteiger partial charge < -0.3 is 16.0 Å². The summed E-state index contributed by atoms with van der Waals surface area (Å²) in [5, 5.41) is 11.7. The molecule has 1 aliphatic rings. The number of anilines is 1. The van der Waals surface area contributed by atoms with E-state index in [9.17, 15) is 4.79 Å². The first-order valence-corrected chi connectivity index (χ1v) is 6.84. The highest BCUT2D eigenvalue weighted by Crippen LogP contribution is 2.21. The maximum absolute atomic E-state index is 12.0. The number of hydrogen-bond donors (Lipinski definition) is 2. The molecule has 1 saturated heterocycles. The molecule has 2 rings (SSSR count). The molecule has 1 aromatic rings. The minimum absolute atomic E-state index is 0.0390. The number of aromatic nitrogens is 1. The van der Waals surface area contributed by atoms with Crippen LogP contribution in [0.5, 0.6) is 0 Å². The Hall–Kier alpha value is -2.13. The third kappa shape index (κ3) is 3.45. The Morgan fingerprint density at radius 3 is 3.20 bits per heavy atom. The van der Waals surface area contributed by atoms with E-state index in [0.717, 1.165) is 25.2 Å². The van der Waals surface area contributed by atoms with Gasteiger partial charge in [0.15, 0.2) is 0 Å². The normalized spacial score (nSPS) is 18.4. The standard InChI is InChI=1S/C14H19N5O/c15-6-7-17-14(20)11-3-2-8-19(10-11)13-5-1-4-12(9-16)18-13/h1,4-5,11H,2-3,6-8,10,15H2,(H,17,20). The molecule has 1 amide bonds. The van der Waals surface area contributed by atoms with E-state index in [2.05, 4.69) is 15.2 Å².